The maximum absolute atomic E-state index is 8.84. The zero-order valence-electron chi connectivity index (χ0n) is 9.11. The monoisotopic (exact) mass is 336 g/mol. The Labute approximate surface area is 113 Å². The maximum atomic E-state index is 8.84. The summed E-state index contributed by atoms with van der Waals surface area (Å²) in [5.74, 6) is 0.450. The van der Waals surface area contributed by atoms with Crippen molar-refractivity contribution in [1.82, 2.24) is 9.97 Å². The standard InChI is InChI=1S/C12H9IN4/c1-8-6-9(7-14)16-12(15-8)17-11-5-3-2-4-10(11)13/h2-6H,1H3,(H,15,16,17). The number of benzene rings is 1. The molecule has 0 fully saturated rings. The third-order valence-electron chi connectivity index (χ3n) is 2.09. The molecule has 0 saturated carbocycles. The molecule has 2 rings (SSSR count). The van der Waals surface area contributed by atoms with E-state index in [9.17, 15) is 0 Å². The highest BCUT2D eigenvalue weighted by Gasteiger charge is 2.04. The summed E-state index contributed by atoms with van der Waals surface area (Å²) in [4.78, 5) is 8.34. The number of hydrogen-bond donors (Lipinski definition) is 1. The molecule has 0 spiro atoms. The summed E-state index contributed by atoms with van der Waals surface area (Å²) in [7, 11) is 0. The van der Waals surface area contributed by atoms with E-state index in [0.29, 0.717) is 11.6 Å². The number of halogens is 1. The van der Waals surface area contributed by atoms with Gasteiger partial charge < -0.3 is 5.32 Å². The minimum atomic E-state index is 0.367. The van der Waals surface area contributed by atoms with Crippen LogP contribution in [0.15, 0.2) is 30.3 Å². The highest BCUT2D eigenvalue weighted by Crippen LogP contribution is 2.20. The molecule has 1 N–H and O–H groups in total. The average molecular weight is 336 g/mol. The van der Waals surface area contributed by atoms with E-state index in [1.54, 1.807) is 6.07 Å². The van der Waals surface area contributed by atoms with E-state index in [4.69, 9.17) is 5.26 Å². The first-order valence-electron chi connectivity index (χ1n) is 4.96. The lowest BCUT2D eigenvalue weighted by atomic mass is 10.3. The van der Waals surface area contributed by atoms with Crippen LogP contribution in [0.25, 0.3) is 0 Å². The van der Waals surface area contributed by atoms with Crippen molar-refractivity contribution in [3.8, 4) is 6.07 Å². The molecule has 0 radical (unpaired) electrons. The third-order valence-corrected chi connectivity index (χ3v) is 3.03. The molecule has 2 aromatic rings. The molecule has 1 aromatic carbocycles. The number of hydrogen-bond acceptors (Lipinski definition) is 4. The zero-order valence-corrected chi connectivity index (χ0v) is 11.3. The van der Waals surface area contributed by atoms with Gasteiger partial charge in [-0.1, -0.05) is 12.1 Å². The van der Waals surface area contributed by atoms with Gasteiger partial charge in [0.05, 0.1) is 5.69 Å². The van der Waals surface area contributed by atoms with E-state index in [0.717, 1.165) is 15.0 Å². The number of nitrogens with zero attached hydrogens (tertiary/aromatic N) is 3. The molecule has 4 nitrogen and oxygen atoms in total. The largest absolute Gasteiger partial charge is 0.323 e. The Balaban J connectivity index is 2.34. The first-order chi connectivity index (χ1) is 8.19. The molecule has 0 amide bonds. The van der Waals surface area contributed by atoms with Crippen LogP contribution in [0.4, 0.5) is 11.6 Å². The smallest absolute Gasteiger partial charge is 0.228 e. The molecular formula is C12H9IN4. The molecule has 0 saturated heterocycles. The van der Waals surface area contributed by atoms with Crippen molar-refractivity contribution in [2.24, 2.45) is 0 Å². The molecule has 0 bridgehead atoms. The number of nitriles is 1. The van der Waals surface area contributed by atoms with Crippen molar-refractivity contribution in [2.75, 3.05) is 5.32 Å². The van der Waals surface area contributed by atoms with Crippen LogP contribution in [0.1, 0.15) is 11.4 Å². The van der Waals surface area contributed by atoms with Gasteiger partial charge in [0.25, 0.3) is 0 Å². The van der Waals surface area contributed by atoms with Gasteiger partial charge in [-0.25, -0.2) is 9.97 Å². The van der Waals surface area contributed by atoms with Crippen molar-refractivity contribution in [3.05, 3.63) is 45.3 Å². The minimum Gasteiger partial charge on any atom is -0.323 e. The number of anilines is 2. The molecule has 0 aliphatic heterocycles. The lowest BCUT2D eigenvalue weighted by Gasteiger charge is -2.07. The number of para-hydroxylation sites is 1. The van der Waals surface area contributed by atoms with Crippen LogP contribution >= 0.6 is 22.6 Å². The van der Waals surface area contributed by atoms with Crippen LogP contribution in [-0.4, -0.2) is 9.97 Å². The lowest BCUT2D eigenvalue weighted by molar-refractivity contribution is 1.09. The first kappa shape index (κ1) is 11.8. The van der Waals surface area contributed by atoms with E-state index in [1.807, 2.05) is 37.3 Å². The lowest BCUT2D eigenvalue weighted by Crippen LogP contribution is -2.01. The van der Waals surface area contributed by atoms with Gasteiger partial charge in [-0.3, -0.25) is 0 Å². The number of nitrogens with one attached hydrogen (secondary N) is 1. The van der Waals surface area contributed by atoms with Crippen molar-refractivity contribution < 1.29 is 0 Å². The number of aromatic nitrogens is 2. The minimum absolute atomic E-state index is 0.367. The topological polar surface area (TPSA) is 61.6 Å². The Morgan fingerprint density at radius 2 is 2.06 bits per heavy atom. The zero-order chi connectivity index (χ0) is 12.3. The molecule has 0 unspecified atom stereocenters. The summed E-state index contributed by atoms with van der Waals surface area (Å²) < 4.78 is 1.08. The van der Waals surface area contributed by atoms with Crippen LogP contribution < -0.4 is 5.32 Å². The van der Waals surface area contributed by atoms with Crippen LogP contribution in [0.5, 0.6) is 0 Å². The molecule has 0 aliphatic carbocycles. The quantitative estimate of drug-likeness (QED) is 0.857. The summed E-state index contributed by atoms with van der Waals surface area (Å²) in [6, 6.07) is 11.5. The summed E-state index contributed by atoms with van der Waals surface area (Å²) in [5, 5.41) is 11.9. The molecule has 1 aromatic heterocycles. The fraction of sp³-hybridized carbons (Fsp3) is 0.0833. The van der Waals surface area contributed by atoms with Crippen LogP contribution in [0.3, 0.4) is 0 Å². The predicted octanol–water partition coefficient (Wildman–Crippen LogP) is 3.00. The summed E-state index contributed by atoms with van der Waals surface area (Å²) in [6.45, 7) is 1.84. The normalized spacial score (nSPS) is 9.71. The van der Waals surface area contributed by atoms with Crippen molar-refractivity contribution in [3.63, 3.8) is 0 Å². The summed E-state index contributed by atoms with van der Waals surface area (Å²) in [5.41, 5.74) is 2.07. The van der Waals surface area contributed by atoms with Gasteiger partial charge in [0, 0.05) is 9.26 Å². The Kier molecular flexibility index (Phi) is 3.54. The van der Waals surface area contributed by atoms with E-state index < -0.39 is 0 Å². The summed E-state index contributed by atoms with van der Waals surface area (Å²) >= 11 is 2.23. The second kappa shape index (κ2) is 5.10. The van der Waals surface area contributed by atoms with Crippen molar-refractivity contribution in [1.29, 1.82) is 5.26 Å². The first-order valence-corrected chi connectivity index (χ1v) is 6.04. The predicted molar refractivity (Wildman–Crippen MR) is 73.9 cm³/mol. The van der Waals surface area contributed by atoms with Gasteiger partial charge in [0.15, 0.2) is 0 Å². The van der Waals surface area contributed by atoms with Crippen LogP contribution in [0.2, 0.25) is 0 Å². The SMILES string of the molecule is Cc1cc(C#N)nc(Nc2ccccc2I)n1. The van der Waals surface area contributed by atoms with Gasteiger partial charge in [0.1, 0.15) is 11.8 Å². The second-order valence-electron chi connectivity index (χ2n) is 3.43. The van der Waals surface area contributed by atoms with Gasteiger partial charge in [-0.2, -0.15) is 5.26 Å². The molecule has 5 heteroatoms. The molecule has 0 atom stereocenters. The molecule has 17 heavy (non-hydrogen) atoms. The van der Waals surface area contributed by atoms with Crippen LogP contribution in [0, 0.1) is 21.8 Å². The Morgan fingerprint density at radius 1 is 1.29 bits per heavy atom. The molecule has 84 valence electrons. The summed E-state index contributed by atoms with van der Waals surface area (Å²) in [6.07, 6.45) is 0. The van der Waals surface area contributed by atoms with E-state index in [-0.39, 0.29) is 0 Å². The van der Waals surface area contributed by atoms with Crippen molar-refractivity contribution in [2.45, 2.75) is 6.92 Å². The van der Waals surface area contributed by atoms with Gasteiger partial charge >= 0.3 is 0 Å². The Morgan fingerprint density at radius 3 is 2.76 bits per heavy atom. The Hall–Kier alpha value is -1.68. The Bertz CT molecular complexity index is 589. The van der Waals surface area contributed by atoms with E-state index in [1.165, 1.54) is 0 Å². The third kappa shape index (κ3) is 2.91. The van der Waals surface area contributed by atoms with Gasteiger partial charge in [-0.15, -0.1) is 0 Å². The van der Waals surface area contributed by atoms with E-state index >= 15 is 0 Å². The molecule has 1 heterocycles. The second-order valence-corrected chi connectivity index (χ2v) is 4.60. The highest BCUT2D eigenvalue weighted by atomic mass is 127. The molecule has 0 aliphatic rings. The number of rotatable bonds is 2. The maximum Gasteiger partial charge on any atom is 0.228 e. The number of aryl methyl sites for hydroxylation is 1. The fourth-order valence-corrected chi connectivity index (χ4v) is 1.89. The van der Waals surface area contributed by atoms with Gasteiger partial charge in [0.2, 0.25) is 5.95 Å². The van der Waals surface area contributed by atoms with Gasteiger partial charge in [-0.05, 0) is 47.7 Å². The van der Waals surface area contributed by atoms with E-state index in [2.05, 4.69) is 37.9 Å². The molecular weight excluding hydrogens is 327 g/mol. The van der Waals surface area contributed by atoms with Crippen molar-refractivity contribution >= 4 is 34.2 Å². The highest BCUT2D eigenvalue weighted by molar-refractivity contribution is 14.1. The fourth-order valence-electron chi connectivity index (χ4n) is 1.36. The van der Waals surface area contributed by atoms with Crippen LogP contribution in [-0.2, 0) is 0 Å². The average Bonchev–Trinajstić information content (AvgIpc) is 2.31.